The van der Waals surface area contributed by atoms with Gasteiger partial charge in [0.05, 0.1) is 48.2 Å². The van der Waals surface area contributed by atoms with Crippen molar-refractivity contribution in [3.8, 4) is 0 Å². The molecule has 2 rings (SSSR count). The molecule has 1 saturated heterocycles. The van der Waals surface area contributed by atoms with E-state index in [1.165, 1.54) is 13.8 Å². The lowest BCUT2D eigenvalue weighted by atomic mass is 9.88. The predicted octanol–water partition coefficient (Wildman–Crippen LogP) is -0.478. The van der Waals surface area contributed by atoms with Gasteiger partial charge in [0, 0.05) is 50.5 Å². The molecule has 1 aromatic carbocycles. The number of hydrogen-bond acceptors (Lipinski definition) is 18. The molecule has 1 fully saturated rings. The zero-order valence-corrected chi connectivity index (χ0v) is 51.8. The summed E-state index contributed by atoms with van der Waals surface area (Å²) in [5, 5.41) is 43.7. The van der Waals surface area contributed by atoms with Crippen molar-refractivity contribution in [1.82, 2.24) is 42.5 Å². The van der Waals surface area contributed by atoms with Gasteiger partial charge in [0.15, 0.2) is 23.1 Å². The Bertz CT molecular complexity index is 2310. The molecular formula is C61H104N12O13. The van der Waals surface area contributed by atoms with Crippen LogP contribution in [-0.4, -0.2) is 169 Å². The number of hydrogen-bond donors (Lipinski definition) is 14. The molecule has 1 unspecified atom stereocenters. The van der Waals surface area contributed by atoms with E-state index in [9.17, 15) is 63.0 Å². The third-order valence-corrected chi connectivity index (χ3v) is 15.5. The first-order chi connectivity index (χ1) is 40.9. The van der Waals surface area contributed by atoms with Crippen molar-refractivity contribution in [2.45, 2.75) is 205 Å². The minimum atomic E-state index is -1.43. The number of carbonyl (C=O) groups excluding carboxylic acids is 11. The van der Waals surface area contributed by atoms with Crippen LogP contribution < -0.4 is 65.5 Å². The number of aliphatic hydroxyl groups is 2. The van der Waals surface area contributed by atoms with Gasteiger partial charge in [0.2, 0.25) is 41.4 Å². The maximum Gasteiger partial charge on any atom is 0.243 e. The van der Waals surface area contributed by atoms with Gasteiger partial charge in [-0.2, -0.15) is 0 Å². The number of unbranched alkanes of at least 4 members (excludes halogenated alkanes) is 5. The fourth-order valence-corrected chi connectivity index (χ4v) is 10.4. The van der Waals surface area contributed by atoms with E-state index < -0.39 is 156 Å². The van der Waals surface area contributed by atoms with E-state index in [0.717, 1.165) is 32.1 Å². The molecule has 12 atom stereocenters. The van der Waals surface area contributed by atoms with Gasteiger partial charge in [0.25, 0.3) is 0 Å². The number of aliphatic hydroxyl groups excluding tert-OH is 2. The lowest BCUT2D eigenvalue weighted by Crippen LogP contribution is -2.57. The largest absolute Gasteiger partial charge is 0.393 e. The average molecular weight is 1210 g/mol. The Morgan fingerprint density at radius 3 is 1.76 bits per heavy atom. The Hall–Kier alpha value is -6.09. The highest BCUT2D eigenvalue weighted by molar-refractivity contribution is 5.99. The van der Waals surface area contributed by atoms with Crippen LogP contribution in [0.3, 0.4) is 0 Å². The Labute approximate surface area is 508 Å². The summed E-state index contributed by atoms with van der Waals surface area (Å²) in [6.45, 7) is 7.95. The number of Topliss-reactive ketones (excluding diaryl/α,β-unsaturated/α-hetero) is 4. The summed E-state index contributed by atoms with van der Waals surface area (Å²) >= 11 is 0. The smallest absolute Gasteiger partial charge is 0.243 e. The SMILES string of the molecule is CCCCCCCCC(=O)N[C@@H](CCNC)C(=O)C[C@H](C(=O)N[C@@H](CCN)C(=O)C[C@H]1CCNC(=O)[C@H](C(C)O)CC(=O)[C@H](CCN)NC(=O)[C@H](CCN)NC(=O)[C@H](CC(C)C)NC(=O)[C@@H](Cc2ccccc2)CC(=O)[C@H](CCN)NC1=O)[C@@H](C)O. The number of ketones is 4. The Kier molecular flexibility index (Phi) is 37.0. The number of nitrogens with two attached hydrogens (primary N) is 4. The molecule has 0 spiro atoms. The lowest BCUT2D eigenvalue weighted by molar-refractivity contribution is -0.137. The second-order valence-electron chi connectivity index (χ2n) is 23.3. The van der Waals surface area contributed by atoms with Gasteiger partial charge < -0.3 is 75.7 Å². The molecule has 0 saturated carbocycles. The highest BCUT2D eigenvalue weighted by Gasteiger charge is 2.38. The van der Waals surface area contributed by atoms with Gasteiger partial charge in [-0.1, -0.05) is 83.2 Å². The second-order valence-corrected chi connectivity index (χ2v) is 23.3. The normalized spacial score (nSPS) is 22.7. The molecule has 86 heavy (non-hydrogen) atoms. The molecule has 7 amide bonds. The van der Waals surface area contributed by atoms with Crippen LogP contribution in [0.15, 0.2) is 30.3 Å². The van der Waals surface area contributed by atoms with Crippen LogP contribution in [0, 0.1) is 29.6 Å². The summed E-state index contributed by atoms with van der Waals surface area (Å²) in [5.41, 5.74) is 24.5. The van der Waals surface area contributed by atoms with E-state index in [1.54, 1.807) is 37.4 Å². The van der Waals surface area contributed by atoms with E-state index in [4.69, 9.17) is 22.9 Å². The minimum absolute atomic E-state index is 0.0158. The summed E-state index contributed by atoms with van der Waals surface area (Å²) in [6.07, 6.45) is 0.522. The molecule has 486 valence electrons. The quantitative estimate of drug-likeness (QED) is 0.0395. The Balaban J connectivity index is 2.67. The van der Waals surface area contributed by atoms with Crippen LogP contribution in [0.5, 0.6) is 0 Å². The van der Waals surface area contributed by atoms with Crippen molar-refractivity contribution in [3.63, 3.8) is 0 Å². The molecule has 1 heterocycles. The standard InChI is InChI=1S/C61H104N12O13/c1-7-8-9-10-11-15-18-55(80)68-48(24-29-66-6)54(79)36-44(39(5)75)59(84)70-46(20-26-63)51(76)33-41-23-30-67-58(83)43(38(4)74)35-53(78)47(21-27-64)71-60(85)49(22-28-65)72-61(86)50(31-37(2)3)73-57(82)42(32-40-16-13-12-14-17-40)34-52(77)45(19-25-62)69-56(41)81/h12-14,16-17,37-39,41-50,66,74-75H,7-11,15,18-36,62-65H2,1-6H3,(H,67,83)(H,68,80)(H,69,81)(H,70,84)(H,71,85)(H,72,86)(H,73,82)/t38?,39-,41-,42+,43+,44+,45+,46+,47+,48+,49+,50+/m1/s1. The van der Waals surface area contributed by atoms with Crippen molar-refractivity contribution < 1.29 is 63.0 Å². The second kappa shape index (κ2) is 41.9. The van der Waals surface area contributed by atoms with Crippen molar-refractivity contribution in [2.75, 3.05) is 46.3 Å². The van der Waals surface area contributed by atoms with E-state index in [0.29, 0.717) is 18.5 Å². The Morgan fingerprint density at radius 1 is 0.628 bits per heavy atom. The third kappa shape index (κ3) is 28.2. The van der Waals surface area contributed by atoms with Gasteiger partial charge in [-0.3, -0.25) is 52.7 Å². The zero-order chi connectivity index (χ0) is 64.3. The number of amides is 7. The minimum Gasteiger partial charge on any atom is -0.393 e. The van der Waals surface area contributed by atoms with Crippen LogP contribution in [-0.2, 0) is 59.2 Å². The molecule has 18 N–H and O–H groups in total. The van der Waals surface area contributed by atoms with E-state index in [2.05, 4.69) is 49.5 Å². The van der Waals surface area contributed by atoms with Crippen LogP contribution >= 0.6 is 0 Å². The monoisotopic (exact) mass is 1210 g/mol. The predicted molar refractivity (Wildman–Crippen MR) is 326 cm³/mol. The maximum absolute atomic E-state index is 14.7. The molecule has 0 aromatic heterocycles. The first kappa shape index (κ1) is 76.0. The molecule has 25 nitrogen and oxygen atoms in total. The number of rotatable bonds is 33. The summed E-state index contributed by atoms with van der Waals surface area (Å²) in [7, 11) is 1.69. The van der Waals surface area contributed by atoms with Crippen molar-refractivity contribution in [2.24, 2.45) is 52.5 Å². The van der Waals surface area contributed by atoms with Gasteiger partial charge in [-0.05, 0) is 123 Å². The zero-order valence-electron chi connectivity index (χ0n) is 51.8. The van der Waals surface area contributed by atoms with Gasteiger partial charge >= 0.3 is 0 Å². The van der Waals surface area contributed by atoms with Gasteiger partial charge in [-0.25, -0.2) is 0 Å². The van der Waals surface area contributed by atoms with Crippen molar-refractivity contribution >= 4 is 64.5 Å². The van der Waals surface area contributed by atoms with Crippen LogP contribution in [0.2, 0.25) is 0 Å². The number of benzene rings is 1. The van der Waals surface area contributed by atoms with E-state index >= 15 is 0 Å². The fraction of sp³-hybridized carbons (Fsp3) is 0.721. The summed E-state index contributed by atoms with van der Waals surface area (Å²) in [5.74, 6) is -13.1. The highest BCUT2D eigenvalue weighted by atomic mass is 16.3. The topological polar surface area (TPSA) is 429 Å². The third-order valence-electron chi connectivity index (χ3n) is 15.5. The molecule has 1 aliphatic heterocycles. The average Bonchev–Trinajstić information content (AvgIpc) is 3.59. The Morgan fingerprint density at radius 2 is 1.17 bits per heavy atom. The maximum atomic E-state index is 14.7. The molecule has 0 bridgehead atoms. The summed E-state index contributed by atoms with van der Waals surface area (Å²) in [6, 6.07) is 1.30. The highest BCUT2D eigenvalue weighted by Crippen LogP contribution is 2.21. The van der Waals surface area contributed by atoms with E-state index in [-0.39, 0.29) is 102 Å². The lowest BCUT2D eigenvalue weighted by Gasteiger charge is -2.28. The molecule has 1 aromatic rings. The summed E-state index contributed by atoms with van der Waals surface area (Å²) in [4.78, 5) is 155. The molecule has 1 aliphatic rings. The van der Waals surface area contributed by atoms with Gasteiger partial charge in [-0.15, -0.1) is 0 Å². The van der Waals surface area contributed by atoms with Gasteiger partial charge in [0.1, 0.15) is 12.1 Å². The fourth-order valence-electron chi connectivity index (χ4n) is 10.4. The van der Waals surface area contributed by atoms with Crippen LogP contribution in [0.25, 0.3) is 0 Å². The van der Waals surface area contributed by atoms with Crippen molar-refractivity contribution in [3.05, 3.63) is 35.9 Å². The molecular weight excluding hydrogens is 1110 g/mol. The van der Waals surface area contributed by atoms with Crippen LogP contribution in [0.1, 0.15) is 156 Å². The van der Waals surface area contributed by atoms with Crippen molar-refractivity contribution in [1.29, 1.82) is 0 Å². The number of carbonyl (C=O) groups is 11. The molecule has 25 heteroatoms. The first-order valence-corrected chi connectivity index (χ1v) is 31.0. The molecule has 0 aliphatic carbocycles. The summed E-state index contributed by atoms with van der Waals surface area (Å²) < 4.78 is 0. The van der Waals surface area contributed by atoms with Crippen LogP contribution in [0.4, 0.5) is 0 Å². The van der Waals surface area contributed by atoms with E-state index in [1.807, 2.05) is 13.8 Å². The first-order valence-electron chi connectivity index (χ1n) is 31.0. The molecule has 0 radical (unpaired) electrons. The number of nitrogens with one attached hydrogen (secondary N) is 8.